The van der Waals surface area contributed by atoms with Gasteiger partial charge in [-0.25, -0.2) is 0 Å². The van der Waals surface area contributed by atoms with Crippen molar-refractivity contribution >= 4 is 45.7 Å². The number of aromatic nitrogens is 2. The molecule has 1 unspecified atom stereocenters. The molecular weight excluding hydrogens is 651 g/mol. The first-order valence-corrected chi connectivity index (χ1v) is 17.8. The number of aliphatic hydroxyl groups excluding tert-OH is 1. The van der Waals surface area contributed by atoms with Gasteiger partial charge in [-0.2, -0.15) is 0 Å². The summed E-state index contributed by atoms with van der Waals surface area (Å²) in [6.45, 7) is 7.73. The Hall–Kier alpha value is -4.55. The van der Waals surface area contributed by atoms with Crippen LogP contribution >= 0.6 is 23.1 Å². The van der Waals surface area contributed by atoms with Crippen molar-refractivity contribution in [2.45, 2.75) is 56.2 Å². The number of Topliss-reactive ketones (excluding diaryl/α,β-unsaturated/α-hetero) is 1. The third-order valence-corrected chi connectivity index (χ3v) is 10.1. The molecule has 10 nitrogen and oxygen atoms in total. The normalized spacial score (nSPS) is 16.7. The second-order valence-corrected chi connectivity index (χ2v) is 13.5. The van der Waals surface area contributed by atoms with Crippen LogP contribution in [0.5, 0.6) is 23.0 Å². The van der Waals surface area contributed by atoms with Gasteiger partial charge in [-0.1, -0.05) is 78.8 Å². The number of nitrogens with zero attached hydrogens (tertiary/aromatic N) is 3. The summed E-state index contributed by atoms with van der Waals surface area (Å²) in [5, 5.41) is 20.7. The second-order valence-electron chi connectivity index (χ2n) is 11.3. The van der Waals surface area contributed by atoms with Crippen molar-refractivity contribution in [1.29, 1.82) is 0 Å². The van der Waals surface area contributed by atoms with E-state index in [1.807, 2.05) is 13.8 Å². The molecule has 4 aromatic rings. The van der Waals surface area contributed by atoms with E-state index in [4.69, 9.17) is 18.9 Å². The maximum absolute atomic E-state index is 13.8. The Labute approximate surface area is 287 Å². The van der Waals surface area contributed by atoms with Crippen LogP contribution in [0.25, 0.3) is 5.76 Å². The Balaban J connectivity index is 1.40. The lowest BCUT2D eigenvalue weighted by Gasteiger charge is -2.24. The number of fused-ring (bicyclic) bond motifs is 1. The second kappa shape index (κ2) is 15.1. The molecule has 1 amide bonds. The van der Waals surface area contributed by atoms with E-state index in [1.54, 1.807) is 36.4 Å². The van der Waals surface area contributed by atoms with Gasteiger partial charge in [0.25, 0.3) is 5.78 Å². The Morgan fingerprint density at radius 2 is 1.75 bits per heavy atom. The highest BCUT2D eigenvalue weighted by molar-refractivity contribution is 8.00. The molecule has 6 rings (SSSR count). The molecule has 2 aliphatic heterocycles. The van der Waals surface area contributed by atoms with Crippen LogP contribution in [0.4, 0.5) is 5.13 Å². The molecule has 0 radical (unpaired) electrons. The first-order valence-electron chi connectivity index (χ1n) is 16.0. The molecule has 1 saturated heterocycles. The number of thioether (sulfide) groups is 1. The van der Waals surface area contributed by atoms with E-state index in [0.717, 1.165) is 24.8 Å². The number of unbranched alkanes of at least 4 members (excludes halogenated alkanes) is 2. The van der Waals surface area contributed by atoms with Crippen molar-refractivity contribution in [3.8, 4) is 23.0 Å². The quantitative estimate of drug-likeness (QED) is 0.0378. The molecule has 3 aromatic carbocycles. The number of hydrogen-bond donors (Lipinski definition) is 1. The van der Waals surface area contributed by atoms with Crippen molar-refractivity contribution in [2.75, 3.05) is 31.3 Å². The number of hydrogen-bond acceptors (Lipinski definition) is 11. The van der Waals surface area contributed by atoms with Crippen LogP contribution < -0.4 is 23.8 Å². The van der Waals surface area contributed by atoms with Gasteiger partial charge in [0.05, 0.1) is 24.8 Å². The lowest BCUT2D eigenvalue weighted by Crippen LogP contribution is -2.29. The summed E-state index contributed by atoms with van der Waals surface area (Å²) < 4.78 is 24.0. The van der Waals surface area contributed by atoms with E-state index < -0.39 is 17.7 Å². The molecule has 1 atom stereocenters. The molecule has 1 N–H and O–H groups in total. The Bertz CT molecular complexity index is 1820. The van der Waals surface area contributed by atoms with Crippen LogP contribution in [0.2, 0.25) is 0 Å². The topological polar surface area (TPSA) is 120 Å². The van der Waals surface area contributed by atoms with E-state index in [0.29, 0.717) is 70.6 Å². The lowest BCUT2D eigenvalue weighted by atomic mass is 9.95. The number of benzene rings is 3. The molecule has 0 saturated carbocycles. The highest BCUT2D eigenvalue weighted by Gasteiger charge is 2.48. The zero-order valence-corrected chi connectivity index (χ0v) is 28.7. The first kappa shape index (κ1) is 33.4. The molecule has 2 aliphatic rings. The van der Waals surface area contributed by atoms with Crippen molar-refractivity contribution in [2.24, 2.45) is 0 Å². The van der Waals surface area contributed by atoms with Crippen LogP contribution in [0.1, 0.15) is 61.4 Å². The minimum Gasteiger partial charge on any atom is -0.507 e. The fourth-order valence-corrected chi connectivity index (χ4v) is 7.32. The summed E-state index contributed by atoms with van der Waals surface area (Å²) in [5.74, 6) is 0.688. The van der Waals surface area contributed by atoms with Crippen LogP contribution in [0.3, 0.4) is 0 Å². The summed E-state index contributed by atoms with van der Waals surface area (Å²) in [5.41, 5.74) is 3.08. The maximum atomic E-state index is 13.8. The van der Waals surface area contributed by atoms with Gasteiger partial charge in [-0.3, -0.25) is 14.5 Å². The first-order chi connectivity index (χ1) is 23.4. The zero-order chi connectivity index (χ0) is 33.6. The Kier molecular flexibility index (Phi) is 10.5. The van der Waals surface area contributed by atoms with Gasteiger partial charge in [0.1, 0.15) is 19.0 Å². The SMILES string of the molecule is CCCCCOc1ccc(C2/C(=C(\O)c3ccc4c(c3)OCCO4)C(=O)C(=O)N2c2nnc(SCc3ccc(C)cc3)s2)cc1OCC. The maximum Gasteiger partial charge on any atom is 0.301 e. The monoisotopic (exact) mass is 687 g/mol. The number of ether oxygens (including phenoxy) is 4. The summed E-state index contributed by atoms with van der Waals surface area (Å²) in [6.07, 6.45) is 3.02. The lowest BCUT2D eigenvalue weighted by molar-refractivity contribution is -0.132. The summed E-state index contributed by atoms with van der Waals surface area (Å²) in [4.78, 5) is 29.0. The average Bonchev–Trinajstić information content (AvgIpc) is 3.68. The van der Waals surface area contributed by atoms with E-state index in [1.165, 1.54) is 33.6 Å². The molecule has 12 heteroatoms. The largest absolute Gasteiger partial charge is 0.507 e. The van der Waals surface area contributed by atoms with Gasteiger partial charge in [0.2, 0.25) is 5.13 Å². The van der Waals surface area contributed by atoms with Crippen molar-refractivity contribution in [3.63, 3.8) is 0 Å². The van der Waals surface area contributed by atoms with Gasteiger partial charge in [-0.15, -0.1) is 10.2 Å². The van der Waals surface area contributed by atoms with E-state index in [9.17, 15) is 14.7 Å². The third kappa shape index (κ3) is 7.14. The molecule has 1 fully saturated rings. The summed E-state index contributed by atoms with van der Waals surface area (Å²) in [6, 6.07) is 17.5. The molecule has 0 bridgehead atoms. The van der Waals surface area contributed by atoms with Gasteiger partial charge < -0.3 is 24.1 Å². The molecule has 0 aliphatic carbocycles. The van der Waals surface area contributed by atoms with E-state index in [-0.39, 0.29) is 16.5 Å². The van der Waals surface area contributed by atoms with E-state index in [2.05, 4.69) is 41.4 Å². The Morgan fingerprint density at radius 3 is 2.52 bits per heavy atom. The molecule has 250 valence electrons. The van der Waals surface area contributed by atoms with Gasteiger partial charge >= 0.3 is 5.91 Å². The molecular formula is C36H37N3O7S2. The standard InChI is InChI=1S/C36H37N3O7S2/c1-4-6-7-16-44-26-14-12-24(19-28(26)43-5-2)31-30(32(40)25-13-15-27-29(20-25)46-18-17-45-27)33(41)34(42)39(31)35-37-38-36(48-35)47-21-23-10-8-22(3)9-11-23/h8-15,19-20,31,40H,4-7,16-18,21H2,1-3H3/b32-30+. The van der Waals surface area contributed by atoms with Crippen molar-refractivity contribution < 1.29 is 33.6 Å². The predicted octanol–water partition coefficient (Wildman–Crippen LogP) is 7.50. The third-order valence-electron chi connectivity index (χ3n) is 7.93. The fraction of sp³-hybridized carbons (Fsp3) is 0.333. The Morgan fingerprint density at radius 1 is 0.958 bits per heavy atom. The molecule has 1 aromatic heterocycles. The molecule has 3 heterocycles. The average molecular weight is 688 g/mol. The number of carbonyl (C=O) groups is 2. The van der Waals surface area contributed by atoms with Crippen molar-refractivity contribution in [1.82, 2.24) is 10.2 Å². The number of carbonyl (C=O) groups excluding carboxylic acids is 2. The number of amides is 1. The van der Waals surface area contributed by atoms with E-state index >= 15 is 0 Å². The minimum absolute atomic E-state index is 0.0835. The number of ketones is 1. The van der Waals surface area contributed by atoms with Crippen LogP contribution in [0.15, 0.2) is 70.6 Å². The fourth-order valence-electron chi connectivity index (χ4n) is 5.50. The number of anilines is 1. The number of aryl methyl sites for hydroxylation is 1. The van der Waals surface area contributed by atoms with Crippen molar-refractivity contribution in [3.05, 3.63) is 88.5 Å². The van der Waals surface area contributed by atoms with Gasteiger partial charge in [0.15, 0.2) is 27.3 Å². The number of aliphatic hydroxyl groups is 1. The van der Waals surface area contributed by atoms with Crippen LogP contribution in [-0.2, 0) is 15.3 Å². The summed E-state index contributed by atoms with van der Waals surface area (Å²) in [7, 11) is 0. The zero-order valence-electron chi connectivity index (χ0n) is 27.1. The van der Waals surface area contributed by atoms with Gasteiger partial charge in [-0.05, 0) is 61.7 Å². The van der Waals surface area contributed by atoms with Crippen LogP contribution in [-0.4, -0.2) is 53.4 Å². The number of rotatable bonds is 13. The highest BCUT2D eigenvalue weighted by Crippen LogP contribution is 2.46. The highest BCUT2D eigenvalue weighted by atomic mass is 32.2. The summed E-state index contributed by atoms with van der Waals surface area (Å²) >= 11 is 2.71. The molecule has 48 heavy (non-hydrogen) atoms. The molecule has 0 spiro atoms. The van der Waals surface area contributed by atoms with Crippen LogP contribution in [0, 0.1) is 6.92 Å². The van der Waals surface area contributed by atoms with Gasteiger partial charge in [0, 0.05) is 11.3 Å². The minimum atomic E-state index is -1.02. The smallest absolute Gasteiger partial charge is 0.301 e. The predicted molar refractivity (Wildman–Crippen MR) is 185 cm³/mol.